The molecule has 0 saturated heterocycles. The fraction of sp³-hybridized carbons (Fsp3) is 0.118. The summed E-state index contributed by atoms with van der Waals surface area (Å²) >= 11 is 1.66. The van der Waals surface area contributed by atoms with E-state index in [1.165, 1.54) is 11.1 Å². The van der Waals surface area contributed by atoms with Gasteiger partial charge in [0.05, 0.1) is 16.8 Å². The average Bonchev–Trinajstić information content (AvgIpc) is 3.25. The van der Waals surface area contributed by atoms with Crippen molar-refractivity contribution in [2.75, 3.05) is 5.32 Å². The number of nitrogens with one attached hydrogen (secondary N) is 1. The maximum absolute atomic E-state index is 4.34. The fourth-order valence-corrected chi connectivity index (χ4v) is 3.26. The molecule has 0 aliphatic heterocycles. The molecule has 0 unspecified atom stereocenters. The van der Waals surface area contributed by atoms with Crippen LogP contribution in [0.3, 0.4) is 0 Å². The normalized spacial score (nSPS) is 11.0. The summed E-state index contributed by atoms with van der Waals surface area (Å²) in [7, 11) is 0. The van der Waals surface area contributed by atoms with E-state index in [-0.39, 0.29) is 0 Å². The molecule has 5 nitrogen and oxygen atoms in total. The third-order valence-corrected chi connectivity index (χ3v) is 4.54. The van der Waals surface area contributed by atoms with E-state index in [4.69, 9.17) is 0 Å². The molecule has 1 aromatic carbocycles. The molecule has 0 bridgehead atoms. The van der Waals surface area contributed by atoms with Gasteiger partial charge in [0.25, 0.3) is 0 Å². The minimum atomic E-state index is 0.742. The molecule has 3 aromatic heterocycles. The molecule has 0 radical (unpaired) electrons. The van der Waals surface area contributed by atoms with Gasteiger partial charge in [-0.15, -0.1) is 11.3 Å². The Labute approximate surface area is 137 Å². The predicted octanol–water partition coefficient (Wildman–Crippen LogP) is 3.55. The third kappa shape index (κ3) is 3.07. The summed E-state index contributed by atoms with van der Waals surface area (Å²) in [6.07, 6.45) is 5.37. The van der Waals surface area contributed by atoms with Crippen LogP contribution in [-0.2, 0) is 13.1 Å². The lowest BCUT2D eigenvalue weighted by Crippen LogP contribution is -2.03. The quantitative estimate of drug-likeness (QED) is 0.611. The molecule has 23 heavy (non-hydrogen) atoms. The molecule has 0 amide bonds. The van der Waals surface area contributed by atoms with E-state index >= 15 is 0 Å². The third-order valence-electron chi connectivity index (χ3n) is 3.63. The Morgan fingerprint density at radius 3 is 2.74 bits per heavy atom. The molecule has 0 aliphatic carbocycles. The molecule has 4 rings (SSSR count). The first-order valence-corrected chi connectivity index (χ1v) is 8.24. The van der Waals surface area contributed by atoms with Gasteiger partial charge in [0.15, 0.2) is 0 Å². The van der Waals surface area contributed by atoms with Crippen molar-refractivity contribution in [1.82, 2.24) is 19.7 Å². The van der Waals surface area contributed by atoms with Crippen molar-refractivity contribution < 1.29 is 0 Å². The summed E-state index contributed by atoms with van der Waals surface area (Å²) in [6.45, 7) is 1.54. The highest BCUT2D eigenvalue weighted by molar-refractivity contribution is 7.17. The molecular formula is C17H15N5S. The van der Waals surface area contributed by atoms with E-state index in [2.05, 4.69) is 44.6 Å². The molecule has 6 heteroatoms. The van der Waals surface area contributed by atoms with E-state index in [0.717, 1.165) is 29.1 Å². The largest absolute Gasteiger partial charge is 0.365 e. The van der Waals surface area contributed by atoms with Crippen LogP contribution in [-0.4, -0.2) is 19.7 Å². The lowest BCUT2D eigenvalue weighted by Gasteiger charge is -2.07. The van der Waals surface area contributed by atoms with Crippen molar-refractivity contribution in [2.45, 2.75) is 13.1 Å². The number of fused-ring (bicyclic) bond motifs is 1. The van der Waals surface area contributed by atoms with Gasteiger partial charge in [0.2, 0.25) is 0 Å². The first kappa shape index (κ1) is 13.9. The highest BCUT2D eigenvalue weighted by Crippen LogP contribution is 2.25. The zero-order valence-corrected chi connectivity index (χ0v) is 13.2. The topological polar surface area (TPSA) is 55.6 Å². The Balaban J connectivity index is 1.44. The summed E-state index contributed by atoms with van der Waals surface area (Å²) in [4.78, 5) is 8.59. The Morgan fingerprint density at radius 1 is 1.04 bits per heavy atom. The first-order valence-electron chi connectivity index (χ1n) is 7.36. The number of hydrogen-bond donors (Lipinski definition) is 1. The second-order valence-corrected chi connectivity index (χ2v) is 6.15. The number of nitrogens with zero attached hydrogens (tertiary/aromatic N) is 4. The van der Waals surface area contributed by atoms with Crippen LogP contribution in [0.5, 0.6) is 0 Å². The van der Waals surface area contributed by atoms with Crippen molar-refractivity contribution in [3.05, 3.63) is 71.6 Å². The van der Waals surface area contributed by atoms with Gasteiger partial charge in [-0.3, -0.25) is 4.68 Å². The number of rotatable bonds is 5. The monoisotopic (exact) mass is 321 g/mol. The summed E-state index contributed by atoms with van der Waals surface area (Å²) in [6, 6.07) is 12.5. The lowest BCUT2D eigenvalue weighted by atomic mass is 10.1. The summed E-state index contributed by atoms with van der Waals surface area (Å²) < 4.78 is 3.02. The number of hydrogen-bond acceptors (Lipinski definition) is 5. The second kappa shape index (κ2) is 6.18. The van der Waals surface area contributed by atoms with Crippen LogP contribution in [0.4, 0.5) is 5.82 Å². The Hall–Kier alpha value is -2.73. The number of anilines is 1. The maximum Gasteiger partial charge on any atom is 0.147 e. The zero-order chi connectivity index (χ0) is 15.5. The molecule has 114 valence electrons. The highest BCUT2D eigenvalue weighted by atomic mass is 32.1. The highest BCUT2D eigenvalue weighted by Gasteiger charge is 2.04. The van der Waals surface area contributed by atoms with Gasteiger partial charge in [-0.25, -0.2) is 9.97 Å². The smallest absolute Gasteiger partial charge is 0.147 e. The van der Waals surface area contributed by atoms with Crippen LogP contribution >= 0.6 is 11.3 Å². The predicted molar refractivity (Wildman–Crippen MR) is 92.5 cm³/mol. The van der Waals surface area contributed by atoms with Gasteiger partial charge in [-0.2, -0.15) is 5.10 Å². The average molecular weight is 321 g/mol. The molecule has 0 aliphatic rings. The summed E-state index contributed by atoms with van der Waals surface area (Å²) in [5.41, 5.74) is 3.44. The lowest BCUT2D eigenvalue weighted by molar-refractivity contribution is 0.686. The Bertz CT molecular complexity index is 896. The van der Waals surface area contributed by atoms with Crippen LogP contribution < -0.4 is 5.32 Å². The van der Waals surface area contributed by atoms with Crippen molar-refractivity contribution in [2.24, 2.45) is 0 Å². The van der Waals surface area contributed by atoms with Gasteiger partial charge in [0, 0.05) is 18.9 Å². The van der Waals surface area contributed by atoms with E-state index in [0.29, 0.717) is 0 Å². The standard InChI is InChI=1S/C17H15N5S/c1-7-21-22(8-1)11-14-4-2-13(3-5-14)10-18-17-16-15(6-9-23-16)19-12-20-17/h1-9,12H,10-11H2,(H,18,19,20). The van der Waals surface area contributed by atoms with Crippen molar-refractivity contribution in [3.8, 4) is 0 Å². The van der Waals surface area contributed by atoms with Gasteiger partial charge < -0.3 is 5.32 Å². The van der Waals surface area contributed by atoms with Crippen LogP contribution in [0.15, 0.2) is 60.5 Å². The molecule has 0 saturated carbocycles. The van der Waals surface area contributed by atoms with E-state index in [9.17, 15) is 0 Å². The van der Waals surface area contributed by atoms with Crippen LogP contribution in [0.2, 0.25) is 0 Å². The molecule has 4 aromatic rings. The van der Waals surface area contributed by atoms with Gasteiger partial charge in [0.1, 0.15) is 12.1 Å². The number of thiophene rings is 1. The fourth-order valence-electron chi connectivity index (χ4n) is 2.44. The summed E-state index contributed by atoms with van der Waals surface area (Å²) in [5.74, 6) is 0.894. The van der Waals surface area contributed by atoms with Crippen LogP contribution in [0.25, 0.3) is 10.2 Å². The maximum atomic E-state index is 4.34. The Morgan fingerprint density at radius 2 is 1.91 bits per heavy atom. The first-order chi connectivity index (χ1) is 11.4. The molecule has 0 fully saturated rings. The molecule has 3 heterocycles. The number of aromatic nitrogens is 4. The molecular weight excluding hydrogens is 306 g/mol. The van der Waals surface area contributed by atoms with Crippen LogP contribution in [0, 0.1) is 0 Å². The minimum Gasteiger partial charge on any atom is -0.365 e. The zero-order valence-electron chi connectivity index (χ0n) is 12.4. The van der Waals surface area contributed by atoms with Gasteiger partial charge >= 0.3 is 0 Å². The number of benzene rings is 1. The van der Waals surface area contributed by atoms with Crippen LogP contribution in [0.1, 0.15) is 11.1 Å². The van der Waals surface area contributed by atoms with Gasteiger partial charge in [-0.1, -0.05) is 24.3 Å². The molecule has 0 atom stereocenters. The summed E-state index contributed by atoms with van der Waals surface area (Å²) in [5, 5.41) is 9.66. The SMILES string of the molecule is c1cnn(Cc2ccc(CNc3ncnc4ccsc34)cc2)c1. The van der Waals surface area contributed by atoms with Gasteiger partial charge in [-0.05, 0) is 28.6 Å². The van der Waals surface area contributed by atoms with E-state index < -0.39 is 0 Å². The minimum absolute atomic E-state index is 0.742. The van der Waals surface area contributed by atoms with Crippen molar-refractivity contribution in [3.63, 3.8) is 0 Å². The van der Waals surface area contributed by atoms with E-state index in [1.807, 2.05) is 28.4 Å². The van der Waals surface area contributed by atoms with E-state index in [1.54, 1.807) is 23.9 Å². The second-order valence-electron chi connectivity index (χ2n) is 5.23. The van der Waals surface area contributed by atoms with Crippen molar-refractivity contribution >= 4 is 27.4 Å². The molecule has 0 spiro atoms. The Kier molecular flexibility index (Phi) is 3.73. The molecule has 1 N–H and O–H groups in total. The van der Waals surface area contributed by atoms with Crippen molar-refractivity contribution in [1.29, 1.82) is 0 Å².